The summed E-state index contributed by atoms with van der Waals surface area (Å²) < 4.78 is 28.8. The largest absolute Gasteiger partial charge is 0.263 e. The average Bonchev–Trinajstić information content (AvgIpc) is 2.76. The second kappa shape index (κ2) is 8.67. The Balaban J connectivity index is 1.76. The molecule has 0 spiro atoms. The van der Waals surface area contributed by atoms with E-state index >= 15 is 0 Å². The topological polar surface area (TPSA) is 50.3 Å². The number of pyridine rings is 1. The molecule has 0 radical (unpaired) electrons. The number of nitrogens with zero attached hydrogens (tertiary/aromatic N) is 2. The zero-order valence-electron chi connectivity index (χ0n) is 16.6. The molecular weight excluding hydrogens is 439 g/mol. The summed E-state index contributed by atoms with van der Waals surface area (Å²) in [5, 5.41) is 1.02. The van der Waals surface area contributed by atoms with Crippen LogP contribution in [0.2, 0.25) is 10.0 Å². The van der Waals surface area contributed by atoms with Gasteiger partial charge in [0, 0.05) is 29.5 Å². The van der Waals surface area contributed by atoms with Gasteiger partial charge in [0.2, 0.25) is 10.0 Å². The molecule has 0 N–H and O–H groups in total. The number of rotatable bonds is 4. The van der Waals surface area contributed by atoms with Gasteiger partial charge in [-0.05, 0) is 60.7 Å². The van der Waals surface area contributed by atoms with Gasteiger partial charge in [-0.1, -0.05) is 53.9 Å². The fourth-order valence-corrected chi connectivity index (χ4v) is 6.43. The number of sulfonamides is 1. The predicted molar refractivity (Wildman–Crippen MR) is 121 cm³/mol. The summed E-state index contributed by atoms with van der Waals surface area (Å²) in [5.41, 5.74) is 3.37. The van der Waals surface area contributed by atoms with Crippen molar-refractivity contribution in [3.05, 3.63) is 82.1 Å². The quantitative estimate of drug-likeness (QED) is 0.460. The number of hydrogen-bond donors (Lipinski definition) is 0. The highest BCUT2D eigenvalue weighted by molar-refractivity contribution is 7.89. The van der Waals surface area contributed by atoms with Gasteiger partial charge in [0.05, 0.1) is 16.0 Å². The predicted octanol–water partition coefficient (Wildman–Crippen LogP) is 6.28. The standard InChI is InChI=1S/C23H22Cl2N2O2S/c1-16-20(24)8-5-10-23(16)30(28,29)27-13-3-2-9-22(27)18-7-4-6-17(14-18)19-11-12-26-15-21(19)25/h4-8,10-12,14-15,22H,2-3,9,13H2,1H3. The highest BCUT2D eigenvalue weighted by atomic mass is 35.5. The lowest BCUT2D eigenvalue weighted by molar-refractivity contribution is 0.256. The summed E-state index contributed by atoms with van der Waals surface area (Å²) in [7, 11) is -3.69. The summed E-state index contributed by atoms with van der Waals surface area (Å²) in [6.45, 7) is 2.24. The lowest BCUT2D eigenvalue weighted by Gasteiger charge is -2.35. The van der Waals surface area contributed by atoms with E-state index in [1.54, 1.807) is 41.8 Å². The number of piperidine rings is 1. The van der Waals surface area contributed by atoms with Crippen molar-refractivity contribution >= 4 is 33.2 Å². The fourth-order valence-electron chi connectivity index (χ4n) is 4.04. The highest BCUT2D eigenvalue weighted by Gasteiger charge is 2.35. The lowest BCUT2D eigenvalue weighted by atomic mass is 9.94. The van der Waals surface area contributed by atoms with Crippen molar-refractivity contribution in [2.45, 2.75) is 37.1 Å². The van der Waals surface area contributed by atoms with Crippen molar-refractivity contribution in [1.82, 2.24) is 9.29 Å². The fraction of sp³-hybridized carbons (Fsp3) is 0.261. The Bertz CT molecular complexity index is 1180. The molecule has 0 amide bonds. The van der Waals surface area contributed by atoms with Crippen molar-refractivity contribution in [2.24, 2.45) is 0 Å². The van der Waals surface area contributed by atoms with Crippen LogP contribution < -0.4 is 0 Å². The SMILES string of the molecule is Cc1c(Cl)cccc1S(=O)(=O)N1CCCCC1c1cccc(-c2ccncc2Cl)c1. The Morgan fingerprint density at radius 1 is 1.03 bits per heavy atom. The summed E-state index contributed by atoms with van der Waals surface area (Å²) >= 11 is 12.5. The van der Waals surface area contributed by atoms with E-state index in [-0.39, 0.29) is 10.9 Å². The monoisotopic (exact) mass is 460 g/mol. The van der Waals surface area contributed by atoms with Gasteiger partial charge in [-0.3, -0.25) is 4.98 Å². The number of hydrogen-bond acceptors (Lipinski definition) is 3. The third kappa shape index (κ3) is 4.00. The zero-order valence-corrected chi connectivity index (χ0v) is 18.9. The molecule has 0 aliphatic carbocycles. The molecule has 4 rings (SSSR count). The van der Waals surface area contributed by atoms with Gasteiger partial charge >= 0.3 is 0 Å². The van der Waals surface area contributed by atoms with Crippen molar-refractivity contribution in [3.63, 3.8) is 0 Å². The first-order valence-corrected chi connectivity index (χ1v) is 12.1. The number of benzene rings is 2. The maximum atomic E-state index is 13.6. The van der Waals surface area contributed by atoms with Crippen LogP contribution >= 0.6 is 23.2 Å². The van der Waals surface area contributed by atoms with E-state index < -0.39 is 10.0 Å². The van der Waals surface area contributed by atoms with Gasteiger partial charge in [-0.25, -0.2) is 8.42 Å². The number of aromatic nitrogens is 1. The zero-order chi connectivity index (χ0) is 21.3. The van der Waals surface area contributed by atoms with Gasteiger partial charge in [-0.15, -0.1) is 0 Å². The summed E-state index contributed by atoms with van der Waals surface area (Å²) in [6.07, 6.45) is 5.90. The molecule has 1 fully saturated rings. The molecule has 1 saturated heterocycles. The van der Waals surface area contributed by atoms with Crippen LogP contribution in [0.15, 0.2) is 65.8 Å². The molecule has 7 heteroatoms. The minimum Gasteiger partial charge on any atom is -0.263 e. The molecule has 0 saturated carbocycles. The highest BCUT2D eigenvalue weighted by Crippen LogP contribution is 2.38. The van der Waals surface area contributed by atoms with Gasteiger partial charge in [-0.2, -0.15) is 4.31 Å². The molecule has 2 aromatic carbocycles. The van der Waals surface area contributed by atoms with Crippen LogP contribution in [0.3, 0.4) is 0 Å². The van der Waals surface area contributed by atoms with Crippen molar-refractivity contribution < 1.29 is 8.42 Å². The lowest BCUT2D eigenvalue weighted by Crippen LogP contribution is -2.38. The second-order valence-corrected chi connectivity index (χ2v) is 10.1. The first-order chi connectivity index (χ1) is 14.4. The number of halogens is 2. The van der Waals surface area contributed by atoms with Crippen LogP contribution in [0.25, 0.3) is 11.1 Å². The minimum atomic E-state index is -3.69. The Labute approximate surface area is 187 Å². The van der Waals surface area contributed by atoms with E-state index in [1.807, 2.05) is 30.3 Å². The van der Waals surface area contributed by atoms with Gasteiger partial charge < -0.3 is 0 Å². The molecule has 156 valence electrons. The average molecular weight is 461 g/mol. The first-order valence-electron chi connectivity index (χ1n) is 9.86. The van der Waals surface area contributed by atoms with Crippen molar-refractivity contribution in [3.8, 4) is 11.1 Å². The van der Waals surface area contributed by atoms with E-state index in [1.165, 1.54) is 0 Å². The van der Waals surface area contributed by atoms with E-state index in [9.17, 15) is 8.42 Å². The van der Waals surface area contributed by atoms with E-state index in [2.05, 4.69) is 4.98 Å². The molecule has 1 aromatic heterocycles. The normalized spacial score (nSPS) is 17.8. The Hall–Kier alpha value is -1.92. The molecule has 0 bridgehead atoms. The van der Waals surface area contributed by atoms with Crippen LogP contribution in [0.1, 0.15) is 36.4 Å². The summed E-state index contributed by atoms with van der Waals surface area (Å²) in [4.78, 5) is 4.32. The Morgan fingerprint density at radius 3 is 2.63 bits per heavy atom. The van der Waals surface area contributed by atoms with Crippen LogP contribution in [0.5, 0.6) is 0 Å². The molecule has 1 atom stereocenters. The van der Waals surface area contributed by atoms with E-state index in [0.717, 1.165) is 36.0 Å². The molecular formula is C23H22Cl2N2O2S. The van der Waals surface area contributed by atoms with Crippen molar-refractivity contribution in [2.75, 3.05) is 6.54 Å². The first kappa shape index (κ1) is 21.3. The maximum Gasteiger partial charge on any atom is 0.243 e. The Morgan fingerprint density at radius 2 is 1.83 bits per heavy atom. The third-order valence-corrected chi connectivity index (χ3v) is 8.38. The van der Waals surface area contributed by atoms with Crippen LogP contribution in [0.4, 0.5) is 0 Å². The molecule has 1 aliphatic heterocycles. The maximum absolute atomic E-state index is 13.6. The summed E-state index contributed by atoms with van der Waals surface area (Å²) in [6, 6.07) is 14.6. The molecule has 2 heterocycles. The van der Waals surface area contributed by atoms with E-state index in [4.69, 9.17) is 23.2 Å². The second-order valence-electron chi connectivity index (χ2n) is 7.47. The molecule has 3 aromatic rings. The van der Waals surface area contributed by atoms with Crippen molar-refractivity contribution in [1.29, 1.82) is 0 Å². The van der Waals surface area contributed by atoms with E-state index in [0.29, 0.717) is 22.2 Å². The van der Waals surface area contributed by atoms with Gasteiger partial charge in [0.15, 0.2) is 0 Å². The van der Waals surface area contributed by atoms with Crippen LogP contribution in [-0.4, -0.2) is 24.3 Å². The Kier molecular flexibility index (Phi) is 6.16. The molecule has 1 aliphatic rings. The van der Waals surface area contributed by atoms with Crippen LogP contribution in [0, 0.1) is 6.92 Å². The third-order valence-electron chi connectivity index (χ3n) is 5.61. The molecule has 30 heavy (non-hydrogen) atoms. The minimum absolute atomic E-state index is 0.234. The van der Waals surface area contributed by atoms with Crippen LogP contribution in [-0.2, 0) is 10.0 Å². The smallest absolute Gasteiger partial charge is 0.243 e. The van der Waals surface area contributed by atoms with Gasteiger partial charge in [0.25, 0.3) is 0 Å². The molecule has 4 nitrogen and oxygen atoms in total. The summed E-state index contributed by atoms with van der Waals surface area (Å²) in [5.74, 6) is 0. The molecule has 1 unspecified atom stereocenters. The van der Waals surface area contributed by atoms with Gasteiger partial charge in [0.1, 0.15) is 0 Å².